The van der Waals surface area contributed by atoms with Gasteiger partial charge in [0.2, 0.25) is 0 Å². The van der Waals surface area contributed by atoms with E-state index in [9.17, 15) is 0 Å². The standard InChI is InChI=1S/C34H22N3PSe/c39-38(26-11-8-20-35-22-26,25-19-18-23-9-1-2-10-24(23)21-25)32-17-7-15-30-33(32)37-31-16-6-5-13-28(31)27-12-3-4-14-29(27)34(37)36-30/h1-22H. The molecule has 8 aromatic rings. The van der Waals surface area contributed by atoms with Gasteiger partial charge < -0.3 is 0 Å². The molecule has 3 aromatic heterocycles. The Kier molecular flexibility index (Phi) is 5.12. The zero-order valence-corrected chi connectivity index (χ0v) is 23.5. The average Bonchev–Trinajstić information content (AvgIpc) is 3.41. The predicted octanol–water partition coefficient (Wildman–Crippen LogP) is 6.72. The number of fused-ring (bicyclic) bond motifs is 9. The van der Waals surface area contributed by atoms with Gasteiger partial charge in [-0.15, -0.1) is 0 Å². The minimum atomic E-state index is -2.23. The third kappa shape index (κ3) is 3.33. The fourth-order valence-electron chi connectivity index (χ4n) is 5.93. The number of aromatic nitrogens is 3. The molecule has 1 atom stereocenters. The van der Waals surface area contributed by atoms with Crippen LogP contribution in [0.1, 0.15) is 0 Å². The predicted molar refractivity (Wildman–Crippen MR) is 167 cm³/mol. The number of nitrogens with zero attached hydrogens (tertiary/aromatic N) is 3. The zero-order valence-electron chi connectivity index (χ0n) is 20.9. The molecule has 184 valence electrons. The first kappa shape index (κ1) is 22.9. The summed E-state index contributed by atoms with van der Waals surface area (Å²) < 4.78 is 2.38. The van der Waals surface area contributed by atoms with Crippen LogP contribution >= 0.6 is 5.51 Å². The van der Waals surface area contributed by atoms with Crippen LogP contribution in [-0.4, -0.2) is 29.5 Å². The Balaban J connectivity index is 1.57. The van der Waals surface area contributed by atoms with Crippen molar-refractivity contribution in [3.8, 4) is 0 Å². The van der Waals surface area contributed by atoms with E-state index in [0.717, 1.165) is 27.6 Å². The summed E-state index contributed by atoms with van der Waals surface area (Å²) in [5.74, 6) is 0. The van der Waals surface area contributed by atoms with Crippen molar-refractivity contribution in [1.82, 2.24) is 14.4 Å². The number of benzene rings is 5. The van der Waals surface area contributed by atoms with Crippen LogP contribution in [-0.2, 0) is 0 Å². The summed E-state index contributed by atoms with van der Waals surface area (Å²) in [5, 5.41) is 9.83. The number of imidazole rings is 1. The quantitative estimate of drug-likeness (QED) is 0.132. The van der Waals surface area contributed by atoms with Crippen LogP contribution in [0.4, 0.5) is 0 Å². The summed E-state index contributed by atoms with van der Waals surface area (Å²) in [6.07, 6.45) is 3.87. The number of rotatable bonds is 3. The Morgan fingerprint density at radius 1 is 0.615 bits per heavy atom. The summed E-state index contributed by atoms with van der Waals surface area (Å²) in [6, 6.07) is 43.6. The third-order valence-corrected chi connectivity index (χ3v) is 14.6. The van der Waals surface area contributed by atoms with E-state index in [4.69, 9.17) is 4.98 Å². The van der Waals surface area contributed by atoms with Gasteiger partial charge in [-0.3, -0.25) is 0 Å². The summed E-state index contributed by atoms with van der Waals surface area (Å²) in [6.45, 7) is 0. The molecule has 0 saturated carbocycles. The van der Waals surface area contributed by atoms with Crippen molar-refractivity contribution in [2.75, 3.05) is 0 Å². The topological polar surface area (TPSA) is 30.2 Å². The molecule has 39 heavy (non-hydrogen) atoms. The van der Waals surface area contributed by atoms with E-state index in [1.165, 1.54) is 37.5 Å². The van der Waals surface area contributed by atoms with Gasteiger partial charge in [0.15, 0.2) is 0 Å². The Bertz CT molecular complexity index is 2270. The van der Waals surface area contributed by atoms with E-state index in [1.807, 2.05) is 18.5 Å². The molecule has 0 N–H and O–H groups in total. The van der Waals surface area contributed by atoms with Crippen LogP contribution < -0.4 is 15.9 Å². The van der Waals surface area contributed by atoms with Gasteiger partial charge in [0.1, 0.15) is 0 Å². The van der Waals surface area contributed by atoms with Gasteiger partial charge in [0.25, 0.3) is 0 Å². The second kappa shape index (κ2) is 8.73. The van der Waals surface area contributed by atoms with Crippen LogP contribution in [0.2, 0.25) is 0 Å². The molecule has 3 heterocycles. The molecular weight excluding hydrogens is 560 g/mol. The number of hydrogen-bond donors (Lipinski definition) is 0. The van der Waals surface area contributed by atoms with Gasteiger partial charge in [-0.2, -0.15) is 0 Å². The van der Waals surface area contributed by atoms with Crippen molar-refractivity contribution in [3.05, 3.63) is 134 Å². The third-order valence-electron chi connectivity index (χ3n) is 7.70. The van der Waals surface area contributed by atoms with E-state index in [-0.39, 0.29) is 0 Å². The summed E-state index contributed by atoms with van der Waals surface area (Å²) in [4.78, 5) is 9.83. The van der Waals surface area contributed by atoms with Crippen LogP contribution in [0.15, 0.2) is 134 Å². The van der Waals surface area contributed by atoms with Crippen molar-refractivity contribution in [2.24, 2.45) is 0 Å². The van der Waals surface area contributed by atoms with Crippen LogP contribution in [0.5, 0.6) is 0 Å². The Morgan fingerprint density at radius 2 is 1.38 bits per heavy atom. The number of hydrogen-bond acceptors (Lipinski definition) is 2. The molecule has 0 saturated heterocycles. The van der Waals surface area contributed by atoms with Gasteiger partial charge in [0.05, 0.1) is 0 Å². The first-order valence-corrected chi connectivity index (χ1v) is 17.0. The molecule has 0 bridgehead atoms. The summed E-state index contributed by atoms with van der Waals surface area (Å²) in [7, 11) is 0. The molecule has 0 aliphatic heterocycles. The van der Waals surface area contributed by atoms with Crippen molar-refractivity contribution >= 4 is 85.6 Å². The molecule has 0 aliphatic rings. The van der Waals surface area contributed by atoms with E-state index in [1.54, 1.807) is 0 Å². The van der Waals surface area contributed by atoms with Crippen molar-refractivity contribution in [1.29, 1.82) is 0 Å². The Hall–Kier alpha value is -4.07. The van der Waals surface area contributed by atoms with Gasteiger partial charge in [-0.25, -0.2) is 0 Å². The maximum absolute atomic E-state index is 5.26. The second-order valence-electron chi connectivity index (χ2n) is 9.83. The molecule has 0 spiro atoms. The van der Waals surface area contributed by atoms with Gasteiger partial charge in [0, 0.05) is 0 Å². The normalized spacial score (nSPS) is 13.4. The second-order valence-corrected chi connectivity index (χ2v) is 16.0. The summed E-state index contributed by atoms with van der Waals surface area (Å²) in [5.41, 5.74) is 2.07. The van der Waals surface area contributed by atoms with E-state index >= 15 is 0 Å². The van der Waals surface area contributed by atoms with Crippen molar-refractivity contribution < 1.29 is 0 Å². The molecular formula is C34H22N3PSe. The maximum atomic E-state index is 5.26. The van der Waals surface area contributed by atoms with E-state index in [0.29, 0.717) is 0 Å². The molecule has 5 heteroatoms. The minimum absolute atomic E-state index is 0.989. The average molecular weight is 583 g/mol. The summed E-state index contributed by atoms with van der Waals surface area (Å²) >= 11 is 3.77. The first-order valence-electron chi connectivity index (χ1n) is 12.9. The molecule has 8 rings (SSSR count). The van der Waals surface area contributed by atoms with Crippen LogP contribution in [0, 0.1) is 0 Å². The molecule has 0 fully saturated rings. The van der Waals surface area contributed by atoms with Crippen LogP contribution in [0.3, 0.4) is 0 Å². The van der Waals surface area contributed by atoms with Gasteiger partial charge >= 0.3 is 234 Å². The fourth-order valence-corrected chi connectivity index (χ4v) is 11.0. The van der Waals surface area contributed by atoms with E-state index < -0.39 is 5.51 Å². The van der Waals surface area contributed by atoms with Crippen LogP contribution in [0.25, 0.3) is 49.1 Å². The zero-order chi connectivity index (χ0) is 26.0. The molecule has 0 radical (unpaired) electrons. The number of para-hydroxylation sites is 2. The van der Waals surface area contributed by atoms with Gasteiger partial charge in [-0.05, 0) is 0 Å². The number of pyridine rings is 2. The van der Waals surface area contributed by atoms with E-state index in [2.05, 4.69) is 140 Å². The monoisotopic (exact) mass is 583 g/mol. The molecule has 3 nitrogen and oxygen atoms in total. The van der Waals surface area contributed by atoms with Crippen molar-refractivity contribution in [2.45, 2.75) is 0 Å². The first-order chi connectivity index (χ1) is 19.2. The molecule has 5 aromatic carbocycles. The Morgan fingerprint density at radius 3 is 2.23 bits per heavy atom. The fraction of sp³-hybridized carbons (Fsp3) is 0. The molecule has 0 amide bonds. The van der Waals surface area contributed by atoms with Crippen molar-refractivity contribution in [3.63, 3.8) is 0 Å². The molecule has 1 unspecified atom stereocenters. The SMILES string of the molecule is [Se]=P(c1cccnc1)(c1ccc2ccccc2c1)c1cccc2nc3c4ccccc4c4ccccc4n3c12. The van der Waals surface area contributed by atoms with Gasteiger partial charge in [-0.1, -0.05) is 0 Å². The molecule has 0 aliphatic carbocycles. The Labute approximate surface area is 233 Å².